The summed E-state index contributed by atoms with van der Waals surface area (Å²) in [4.78, 5) is 0. The number of rotatable bonds is 8. The lowest BCUT2D eigenvalue weighted by molar-refractivity contribution is -0.0199. The molecule has 1 saturated heterocycles. The van der Waals surface area contributed by atoms with Gasteiger partial charge in [-0.1, -0.05) is 69.2 Å². The highest BCUT2D eigenvalue weighted by molar-refractivity contribution is 6.30. The number of hydrogen-bond acceptors (Lipinski definition) is 1. The van der Waals surface area contributed by atoms with Crippen LogP contribution in [0.25, 0.3) is 0 Å². The highest BCUT2D eigenvalue weighted by Crippen LogP contribution is 2.33. The van der Waals surface area contributed by atoms with Crippen LogP contribution in [0.2, 0.25) is 5.02 Å². The molecule has 0 N–H and O–H groups in total. The first-order valence-electron chi connectivity index (χ1n) is 8.66. The van der Waals surface area contributed by atoms with Crippen LogP contribution < -0.4 is 0 Å². The third-order valence-electron chi connectivity index (χ3n) is 4.58. The van der Waals surface area contributed by atoms with Crippen molar-refractivity contribution in [1.29, 1.82) is 0 Å². The second-order valence-electron chi connectivity index (χ2n) is 6.37. The third-order valence-corrected chi connectivity index (χ3v) is 4.83. The first kappa shape index (κ1) is 16.8. The molecule has 1 aliphatic heterocycles. The number of unbranched alkanes of at least 4 members (excludes halogenated alkanes) is 5. The predicted molar refractivity (Wildman–Crippen MR) is 90.9 cm³/mol. The number of halogens is 1. The first-order chi connectivity index (χ1) is 10.3. The minimum atomic E-state index is 0.281. The molecule has 0 aromatic heterocycles. The molecule has 1 aromatic rings. The zero-order chi connectivity index (χ0) is 14.9. The molecule has 0 amide bonds. The SMILES string of the molecule is CCCCCCCCC1CCC(c2ccc(Cl)cc2)OC1. The molecule has 1 nitrogen and oxygen atoms in total. The average molecular weight is 309 g/mol. The van der Waals surface area contributed by atoms with E-state index in [0.29, 0.717) is 0 Å². The first-order valence-corrected chi connectivity index (χ1v) is 9.04. The maximum absolute atomic E-state index is 6.07. The van der Waals surface area contributed by atoms with Crippen molar-refractivity contribution in [3.63, 3.8) is 0 Å². The van der Waals surface area contributed by atoms with Crippen molar-refractivity contribution in [2.24, 2.45) is 5.92 Å². The smallest absolute Gasteiger partial charge is 0.0825 e. The largest absolute Gasteiger partial charge is 0.373 e. The van der Waals surface area contributed by atoms with Crippen LogP contribution in [0.3, 0.4) is 0 Å². The number of ether oxygens (including phenoxy) is 1. The van der Waals surface area contributed by atoms with Gasteiger partial charge in [-0.3, -0.25) is 0 Å². The molecule has 0 spiro atoms. The highest BCUT2D eigenvalue weighted by atomic mass is 35.5. The summed E-state index contributed by atoms with van der Waals surface area (Å²) in [6.45, 7) is 3.21. The van der Waals surface area contributed by atoms with E-state index in [9.17, 15) is 0 Å². The predicted octanol–water partition coefficient (Wildman–Crippen LogP) is 6.56. The van der Waals surface area contributed by atoms with Crippen molar-refractivity contribution >= 4 is 11.6 Å². The van der Waals surface area contributed by atoms with Crippen LogP contribution in [0.5, 0.6) is 0 Å². The van der Waals surface area contributed by atoms with E-state index in [2.05, 4.69) is 19.1 Å². The van der Waals surface area contributed by atoms with Gasteiger partial charge in [0, 0.05) is 5.02 Å². The van der Waals surface area contributed by atoms with Crippen molar-refractivity contribution < 1.29 is 4.74 Å². The fourth-order valence-electron chi connectivity index (χ4n) is 3.19. The van der Waals surface area contributed by atoms with Crippen LogP contribution in [0.4, 0.5) is 0 Å². The molecule has 0 bridgehead atoms. The van der Waals surface area contributed by atoms with Gasteiger partial charge in [0.05, 0.1) is 12.7 Å². The van der Waals surface area contributed by atoms with Crippen LogP contribution in [-0.4, -0.2) is 6.61 Å². The van der Waals surface area contributed by atoms with Crippen molar-refractivity contribution in [2.45, 2.75) is 70.8 Å². The molecule has 1 fully saturated rings. The van der Waals surface area contributed by atoms with Crippen LogP contribution in [0.1, 0.15) is 76.4 Å². The molecule has 1 aromatic carbocycles. The van der Waals surface area contributed by atoms with E-state index in [-0.39, 0.29) is 6.10 Å². The topological polar surface area (TPSA) is 9.23 Å². The summed E-state index contributed by atoms with van der Waals surface area (Å²) in [5, 5.41) is 0.801. The number of hydrogen-bond donors (Lipinski definition) is 0. The second-order valence-corrected chi connectivity index (χ2v) is 6.81. The van der Waals surface area contributed by atoms with Crippen LogP contribution in [0, 0.1) is 5.92 Å². The molecule has 0 aliphatic carbocycles. The van der Waals surface area contributed by atoms with Gasteiger partial charge >= 0.3 is 0 Å². The quantitative estimate of drug-likeness (QED) is 0.494. The van der Waals surface area contributed by atoms with E-state index in [0.717, 1.165) is 24.0 Å². The van der Waals surface area contributed by atoms with Crippen LogP contribution >= 0.6 is 11.6 Å². The maximum Gasteiger partial charge on any atom is 0.0825 e. The van der Waals surface area contributed by atoms with Crippen LogP contribution in [-0.2, 0) is 4.74 Å². The summed E-state index contributed by atoms with van der Waals surface area (Å²) < 4.78 is 6.07. The van der Waals surface area contributed by atoms with Crippen molar-refractivity contribution in [3.8, 4) is 0 Å². The Morgan fingerprint density at radius 2 is 1.71 bits per heavy atom. The molecule has 2 unspecified atom stereocenters. The number of benzene rings is 1. The molecule has 1 heterocycles. The van der Waals surface area contributed by atoms with Gasteiger partial charge in [-0.05, 0) is 42.9 Å². The molecule has 0 saturated carbocycles. The van der Waals surface area contributed by atoms with E-state index >= 15 is 0 Å². The van der Waals surface area contributed by atoms with Crippen molar-refractivity contribution in [1.82, 2.24) is 0 Å². The lowest BCUT2D eigenvalue weighted by Crippen LogP contribution is -2.20. The zero-order valence-electron chi connectivity index (χ0n) is 13.3. The van der Waals surface area contributed by atoms with Gasteiger partial charge in [0.25, 0.3) is 0 Å². The Balaban J connectivity index is 1.61. The van der Waals surface area contributed by atoms with E-state index in [1.165, 1.54) is 56.9 Å². The van der Waals surface area contributed by atoms with Gasteiger partial charge in [0.1, 0.15) is 0 Å². The Labute approximate surface area is 135 Å². The molecule has 118 valence electrons. The molecule has 0 radical (unpaired) electrons. The van der Waals surface area contributed by atoms with Gasteiger partial charge in [-0.15, -0.1) is 0 Å². The summed E-state index contributed by atoms with van der Waals surface area (Å²) in [6, 6.07) is 8.12. The molecule has 2 rings (SSSR count). The van der Waals surface area contributed by atoms with Gasteiger partial charge in [-0.2, -0.15) is 0 Å². The molecule has 21 heavy (non-hydrogen) atoms. The fraction of sp³-hybridized carbons (Fsp3) is 0.684. The lowest BCUT2D eigenvalue weighted by Gasteiger charge is -2.29. The van der Waals surface area contributed by atoms with E-state index in [1.54, 1.807) is 0 Å². The molecule has 1 aliphatic rings. The van der Waals surface area contributed by atoms with Gasteiger partial charge in [0.2, 0.25) is 0 Å². The normalized spacial score (nSPS) is 22.4. The van der Waals surface area contributed by atoms with E-state index in [4.69, 9.17) is 16.3 Å². The minimum absolute atomic E-state index is 0.281. The molecule has 2 atom stereocenters. The molecular formula is C19H29ClO. The van der Waals surface area contributed by atoms with E-state index < -0.39 is 0 Å². The third kappa shape index (κ3) is 6.00. The molecule has 2 heteroatoms. The minimum Gasteiger partial charge on any atom is -0.373 e. The fourth-order valence-corrected chi connectivity index (χ4v) is 3.31. The monoisotopic (exact) mass is 308 g/mol. The zero-order valence-corrected chi connectivity index (χ0v) is 14.1. The summed E-state index contributed by atoms with van der Waals surface area (Å²) in [5.41, 5.74) is 1.28. The Bertz CT molecular complexity index is 379. The summed E-state index contributed by atoms with van der Waals surface area (Å²) >= 11 is 5.94. The van der Waals surface area contributed by atoms with Gasteiger partial charge < -0.3 is 4.74 Å². The van der Waals surface area contributed by atoms with Gasteiger partial charge in [0.15, 0.2) is 0 Å². The second kappa shape index (κ2) is 9.48. The summed E-state index contributed by atoms with van der Waals surface area (Å²) in [7, 11) is 0. The molecular weight excluding hydrogens is 280 g/mol. The van der Waals surface area contributed by atoms with Crippen molar-refractivity contribution in [2.75, 3.05) is 6.61 Å². The summed E-state index contributed by atoms with van der Waals surface area (Å²) in [6.07, 6.45) is 12.4. The standard InChI is InChI=1S/C19H29ClO/c1-2-3-4-5-6-7-8-16-9-14-19(21-15-16)17-10-12-18(20)13-11-17/h10-13,16,19H,2-9,14-15H2,1H3. The Morgan fingerprint density at radius 1 is 1.00 bits per heavy atom. The van der Waals surface area contributed by atoms with Crippen LogP contribution in [0.15, 0.2) is 24.3 Å². The average Bonchev–Trinajstić information content (AvgIpc) is 2.52. The summed E-state index contributed by atoms with van der Waals surface area (Å²) in [5.74, 6) is 0.778. The Kier molecular flexibility index (Phi) is 7.60. The van der Waals surface area contributed by atoms with Crippen molar-refractivity contribution in [3.05, 3.63) is 34.9 Å². The lowest BCUT2D eigenvalue weighted by atomic mass is 9.91. The maximum atomic E-state index is 6.07. The van der Waals surface area contributed by atoms with E-state index in [1.807, 2.05) is 12.1 Å². The Morgan fingerprint density at radius 3 is 2.38 bits per heavy atom. The van der Waals surface area contributed by atoms with Gasteiger partial charge in [-0.25, -0.2) is 0 Å². The Hall–Kier alpha value is -0.530. The highest BCUT2D eigenvalue weighted by Gasteiger charge is 2.22.